The molecule has 2 rings (SSSR count). The van der Waals surface area contributed by atoms with E-state index in [1.807, 2.05) is 0 Å². The molecule has 0 amide bonds. The number of ether oxygens (including phenoxy) is 1. The van der Waals surface area contributed by atoms with Crippen molar-refractivity contribution < 1.29 is 4.74 Å². The Morgan fingerprint density at radius 3 is 3.12 bits per heavy atom. The number of allylic oxidation sites excluding steroid dienone is 1. The minimum absolute atomic E-state index is 0.120. The molecule has 0 aromatic rings. The monoisotopic (exact) mass is 224 g/mol. The highest BCUT2D eigenvalue weighted by molar-refractivity contribution is 5.15. The van der Waals surface area contributed by atoms with Gasteiger partial charge >= 0.3 is 0 Å². The number of nitrogens with two attached hydrogens (primary N) is 1. The highest BCUT2D eigenvalue weighted by Crippen LogP contribution is 2.23. The van der Waals surface area contributed by atoms with Gasteiger partial charge in [-0.15, -0.1) is 0 Å². The van der Waals surface area contributed by atoms with Gasteiger partial charge in [-0.3, -0.25) is 4.90 Å². The van der Waals surface area contributed by atoms with Gasteiger partial charge in [0.1, 0.15) is 0 Å². The smallest absolute Gasteiger partial charge is 0.0891 e. The van der Waals surface area contributed by atoms with E-state index in [1.165, 1.54) is 31.3 Å². The quantitative estimate of drug-likeness (QED) is 0.739. The Morgan fingerprint density at radius 2 is 2.44 bits per heavy atom. The molecule has 1 aliphatic heterocycles. The number of hydrogen-bond donors (Lipinski definition) is 1. The van der Waals surface area contributed by atoms with Crippen LogP contribution in [-0.4, -0.2) is 43.3 Å². The number of likely N-dealkylation sites (N-methyl/N-ethyl adjacent to an activating group) is 1. The number of rotatable bonds is 3. The molecule has 2 aliphatic rings. The lowest BCUT2D eigenvalue weighted by Gasteiger charge is -2.36. The molecule has 2 atom stereocenters. The van der Waals surface area contributed by atoms with Gasteiger partial charge in [-0.25, -0.2) is 0 Å². The average molecular weight is 224 g/mol. The predicted molar refractivity (Wildman–Crippen MR) is 66.4 cm³/mol. The molecule has 3 heteroatoms. The van der Waals surface area contributed by atoms with Gasteiger partial charge in [-0.05, 0) is 32.2 Å². The highest BCUT2D eigenvalue weighted by atomic mass is 16.5. The zero-order valence-corrected chi connectivity index (χ0v) is 10.3. The molecule has 1 heterocycles. The summed E-state index contributed by atoms with van der Waals surface area (Å²) in [6.45, 7) is 6.19. The summed E-state index contributed by atoms with van der Waals surface area (Å²) in [5.41, 5.74) is 7.75. The van der Waals surface area contributed by atoms with Gasteiger partial charge in [-0.2, -0.15) is 0 Å². The molecular weight excluding hydrogens is 200 g/mol. The first-order valence-electron chi connectivity index (χ1n) is 6.59. The summed E-state index contributed by atoms with van der Waals surface area (Å²) in [6, 6.07) is 0.120. The molecule has 0 bridgehead atoms. The fraction of sp³-hybridized carbons (Fsp3) is 0.846. The van der Waals surface area contributed by atoms with Gasteiger partial charge in [0, 0.05) is 13.1 Å². The summed E-state index contributed by atoms with van der Waals surface area (Å²) in [6.07, 6.45) is 7.54. The van der Waals surface area contributed by atoms with Gasteiger partial charge in [0.15, 0.2) is 0 Å². The summed E-state index contributed by atoms with van der Waals surface area (Å²) in [4.78, 5) is 2.43. The topological polar surface area (TPSA) is 38.5 Å². The van der Waals surface area contributed by atoms with E-state index in [4.69, 9.17) is 10.5 Å². The Kier molecular flexibility index (Phi) is 4.38. The maximum absolute atomic E-state index is 6.32. The molecular formula is C13H24N2O. The minimum Gasteiger partial charge on any atom is -0.374 e. The SMILES string of the molecule is CCN1CCOC(C(N)C2=CCCCC2)C1. The van der Waals surface area contributed by atoms with E-state index >= 15 is 0 Å². The third-order valence-electron chi connectivity index (χ3n) is 3.78. The van der Waals surface area contributed by atoms with E-state index in [9.17, 15) is 0 Å². The summed E-state index contributed by atoms with van der Waals surface area (Å²) in [5, 5.41) is 0. The van der Waals surface area contributed by atoms with Crippen LogP contribution in [-0.2, 0) is 4.74 Å². The van der Waals surface area contributed by atoms with E-state index in [2.05, 4.69) is 17.9 Å². The largest absolute Gasteiger partial charge is 0.374 e. The van der Waals surface area contributed by atoms with Crippen molar-refractivity contribution in [2.45, 2.75) is 44.8 Å². The zero-order valence-electron chi connectivity index (χ0n) is 10.3. The van der Waals surface area contributed by atoms with Gasteiger partial charge in [0.25, 0.3) is 0 Å². The lowest BCUT2D eigenvalue weighted by Crippen LogP contribution is -2.51. The van der Waals surface area contributed by atoms with Crippen molar-refractivity contribution in [3.8, 4) is 0 Å². The van der Waals surface area contributed by atoms with Crippen LogP contribution in [0.5, 0.6) is 0 Å². The van der Waals surface area contributed by atoms with Crippen molar-refractivity contribution >= 4 is 0 Å². The second-order valence-electron chi connectivity index (χ2n) is 4.85. The maximum atomic E-state index is 6.32. The Morgan fingerprint density at radius 1 is 1.56 bits per heavy atom. The second kappa shape index (κ2) is 5.80. The van der Waals surface area contributed by atoms with E-state index in [0.29, 0.717) is 0 Å². The van der Waals surface area contributed by atoms with Crippen molar-refractivity contribution in [2.24, 2.45) is 5.73 Å². The standard InChI is InChI=1S/C13H24N2O/c1-2-15-8-9-16-12(10-15)13(14)11-6-4-3-5-7-11/h6,12-13H,2-5,7-10,14H2,1H3. The molecule has 3 nitrogen and oxygen atoms in total. The van der Waals surface area contributed by atoms with Crippen LogP contribution in [0.3, 0.4) is 0 Å². The van der Waals surface area contributed by atoms with Gasteiger partial charge in [0.2, 0.25) is 0 Å². The minimum atomic E-state index is 0.120. The number of nitrogens with zero attached hydrogens (tertiary/aromatic N) is 1. The molecule has 92 valence electrons. The first-order valence-corrected chi connectivity index (χ1v) is 6.59. The Labute approximate surface area is 98.6 Å². The third kappa shape index (κ3) is 2.84. The van der Waals surface area contributed by atoms with Crippen molar-refractivity contribution in [1.29, 1.82) is 0 Å². The number of morpholine rings is 1. The number of hydrogen-bond acceptors (Lipinski definition) is 3. The first-order chi connectivity index (χ1) is 7.81. The molecule has 0 radical (unpaired) electrons. The lowest BCUT2D eigenvalue weighted by atomic mass is 9.91. The normalized spacial score (nSPS) is 29.9. The van der Waals surface area contributed by atoms with Crippen LogP contribution in [0, 0.1) is 0 Å². The average Bonchev–Trinajstić information content (AvgIpc) is 2.39. The van der Waals surface area contributed by atoms with Crippen LogP contribution in [0.25, 0.3) is 0 Å². The molecule has 1 saturated heterocycles. The summed E-state index contributed by atoms with van der Waals surface area (Å²) in [5.74, 6) is 0. The Hall–Kier alpha value is -0.380. The lowest BCUT2D eigenvalue weighted by molar-refractivity contribution is -0.0339. The van der Waals surface area contributed by atoms with E-state index in [1.54, 1.807) is 0 Å². The molecule has 0 aromatic carbocycles. The highest BCUT2D eigenvalue weighted by Gasteiger charge is 2.27. The van der Waals surface area contributed by atoms with Crippen LogP contribution in [0.1, 0.15) is 32.6 Å². The molecule has 2 unspecified atom stereocenters. The van der Waals surface area contributed by atoms with Crippen LogP contribution in [0.15, 0.2) is 11.6 Å². The Balaban J connectivity index is 1.92. The summed E-state index contributed by atoms with van der Waals surface area (Å²) >= 11 is 0. The molecule has 0 aromatic heterocycles. The first kappa shape index (κ1) is 12.1. The fourth-order valence-electron chi connectivity index (χ4n) is 2.64. The molecule has 0 saturated carbocycles. The van der Waals surface area contributed by atoms with Gasteiger partial charge < -0.3 is 10.5 Å². The van der Waals surface area contributed by atoms with Crippen molar-refractivity contribution in [3.63, 3.8) is 0 Å². The predicted octanol–water partition coefficient (Wildman–Crippen LogP) is 1.53. The molecule has 1 aliphatic carbocycles. The fourth-order valence-corrected chi connectivity index (χ4v) is 2.64. The Bertz CT molecular complexity index is 252. The molecule has 0 spiro atoms. The second-order valence-corrected chi connectivity index (χ2v) is 4.85. The summed E-state index contributed by atoms with van der Waals surface area (Å²) in [7, 11) is 0. The van der Waals surface area contributed by atoms with Crippen molar-refractivity contribution in [1.82, 2.24) is 4.90 Å². The van der Waals surface area contributed by atoms with Gasteiger partial charge in [0.05, 0.1) is 18.8 Å². The molecule has 16 heavy (non-hydrogen) atoms. The third-order valence-corrected chi connectivity index (χ3v) is 3.78. The zero-order chi connectivity index (χ0) is 11.4. The molecule has 1 fully saturated rings. The van der Waals surface area contributed by atoms with E-state index in [0.717, 1.165) is 26.2 Å². The molecule has 2 N–H and O–H groups in total. The van der Waals surface area contributed by atoms with Crippen LogP contribution < -0.4 is 5.73 Å². The van der Waals surface area contributed by atoms with Crippen molar-refractivity contribution in [3.05, 3.63) is 11.6 Å². The van der Waals surface area contributed by atoms with Crippen LogP contribution in [0.4, 0.5) is 0 Å². The van der Waals surface area contributed by atoms with Crippen LogP contribution >= 0.6 is 0 Å². The maximum Gasteiger partial charge on any atom is 0.0891 e. The van der Waals surface area contributed by atoms with Crippen molar-refractivity contribution in [2.75, 3.05) is 26.2 Å². The van der Waals surface area contributed by atoms with Crippen LogP contribution in [0.2, 0.25) is 0 Å². The van der Waals surface area contributed by atoms with Gasteiger partial charge in [-0.1, -0.05) is 18.6 Å². The van der Waals surface area contributed by atoms with E-state index < -0.39 is 0 Å². The van der Waals surface area contributed by atoms with E-state index in [-0.39, 0.29) is 12.1 Å². The summed E-state index contributed by atoms with van der Waals surface area (Å²) < 4.78 is 5.82.